The van der Waals surface area contributed by atoms with Gasteiger partial charge in [-0.2, -0.15) is 0 Å². The summed E-state index contributed by atoms with van der Waals surface area (Å²) in [4.78, 5) is 0. The monoisotopic (exact) mass is 290 g/mol. The van der Waals surface area contributed by atoms with Crippen LogP contribution in [0.3, 0.4) is 0 Å². The SMILES string of the molecule is C=CCC(OB(C=C)OC1CCCCC1)C1CCCCC1. The maximum atomic E-state index is 6.27. The third-order valence-electron chi connectivity index (χ3n) is 4.95. The second-order valence-electron chi connectivity index (χ2n) is 6.60. The minimum absolute atomic E-state index is 0.245. The van der Waals surface area contributed by atoms with Gasteiger partial charge in [-0.3, -0.25) is 0 Å². The van der Waals surface area contributed by atoms with Gasteiger partial charge in [-0.25, -0.2) is 0 Å². The molecule has 2 rings (SSSR count). The van der Waals surface area contributed by atoms with Crippen LogP contribution in [-0.4, -0.2) is 19.3 Å². The van der Waals surface area contributed by atoms with E-state index in [0.717, 1.165) is 6.42 Å². The van der Waals surface area contributed by atoms with Gasteiger partial charge in [0.15, 0.2) is 0 Å². The molecule has 3 heteroatoms. The van der Waals surface area contributed by atoms with E-state index in [9.17, 15) is 0 Å². The molecule has 118 valence electrons. The van der Waals surface area contributed by atoms with Crippen molar-refractivity contribution in [2.24, 2.45) is 5.92 Å². The lowest BCUT2D eigenvalue weighted by Crippen LogP contribution is -2.36. The maximum Gasteiger partial charge on any atom is 0.485 e. The molecule has 21 heavy (non-hydrogen) atoms. The standard InChI is InChI=1S/C18H31BO2/c1-3-11-18(16-12-7-5-8-13-16)21-19(4-2)20-17-14-9-6-10-15-17/h3-4,16-18H,1-2,5-15H2. The summed E-state index contributed by atoms with van der Waals surface area (Å²) in [5.74, 6) is 2.49. The van der Waals surface area contributed by atoms with Crippen molar-refractivity contribution in [1.82, 2.24) is 0 Å². The molecule has 0 bridgehead atoms. The van der Waals surface area contributed by atoms with Crippen LogP contribution in [0.5, 0.6) is 0 Å². The molecular weight excluding hydrogens is 259 g/mol. The van der Waals surface area contributed by atoms with E-state index in [0.29, 0.717) is 12.0 Å². The van der Waals surface area contributed by atoms with Gasteiger partial charge in [-0.1, -0.05) is 50.6 Å². The fourth-order valence-electron chi connectivity index (χ4n) is 3.74. The highest BCUT2D eigenvalue weighted by Gasteiger charge is 2.29. The summed E-state index contributed by atoms with van der Waals surface area (Å²) in [6.45, 7) is 7.81. The van der Waals surface area contributed by atoms with E-state index in [1.165, 1.54) is 64.2 Å². The zero-order chi connectivity index (χ0) is 14.9. The average molecular weight is 290 g/mol. The molecule has 0 aliphatic heterocycles. The first-order chi connectivity index (χ1) is 10.3. The van der Waals surface area contributed by atoms with E-state index in [4.69, 9.17) is 9.31 Å². The van der Waals surface area contributed by atoms with E-state index >= 15 is 0 Å². The van der Waals surface area contributed by atoms with E-state index in [-0.39, 0.29) is 13.2 Å². The quantitative estimate of drug-likeness (QED) is 0.458. The molecule has 0 aromatic carbocycles. The molecule has 0 aromatic rings. The smallest absolute Gasteiger partial charge is 0.405 e. The molecule has 0 N–H and O–H groups in total. The minimum Gasteiger partial charge on any atom is -0.405 e. The normalized spacial score (nSPS) is 22.7. The molecule has 0 amide bonds. The number of hydrogen-bond donors (Lipinski definition) is 0. The molecule has 0 aromatic heterocycles. The van der Waals surface area contributed by atoms with Gasteiger partial charge in [0.2, 0.25) is 0 Å². The topological polar surface area (TPSA) is 18.5 Å². The predicted octanol–water partition coefficient (Wildman–Crippen LogP) is 5.09. The van der Waals surface area contributed by atoms with E-state index in [2.05, 4.69) is 13.2 Å². The Morgan fingerprint density at radius 3 is 2.14 bits per heavy atom. The Morgan fingerprint density at radius 1 is 0.952 bits per heavy atom. The lowest BCUT2D eigenvalue weighted by atomic mass is 9.81. The van der Waals surface area contributed by atoms with Crippen molar-refractivity contribution >= 4 is 7.12 Å². The van der Waals surface area contributed by atoms with E-state index in [1.54, 1.807) is 0 Å². The molecule has 0 saturated heterocycles. The fraction of sp³-hybridized carbons (Fsp3) is 0.778. The van der Waals surface area contributed by atoms with Gasteiger partial charge in [0, 0.05) is 12.2 Å². The van der Waals surface area contributed by atoms with E-state index < -0.39 is 0 Å². The van der Waals surface area contributed by atoms with Crippen molar-refractivity contribution in [1.29, 1.82) is 0 Å². The summed E-state index contributed by atoms with van der Waals surface area (Å²) < 4.78 is 12.4. The van der Waals surface area contributed by atoms with Gasteiger partial charge >= 0.3 is 7.12 Å². The molecule has 2 aliphatic rings. The molecule has 1 atom stereocenters. The third kappa shape index (κ3) is 5.63. The van der Waals surface area contributed by atoms with Crippen LogP contribution in [0, 0.1) is 5.92 Å². The highest BCUT2D eigenvalue weighted by Crippen LogP contribution is 2.30. The van der Waals surface area contributed by atoms with Gasteiger partial charge in [-0.05, 0) is 38.0 Å². The van der Waals surface area contributed by atoms with Gasteiger partial charge in [0.05, 0.1) is 0 Å². The highest BCUT2D eigenvalue weighted by molar-refractivity contribution is 6.50. The van der Waals surface area contributed by atoms with Crippen LogP contribution in [-0.2, 0) is 9.31 Å². The van der Waals surface area contributed by atoms with Crippen molar-refractivity contribution in [3.8, 4) is 0 Å². The molecular formula is C18H31BO2. The highest BCUT2D eigenvalue weighted by atomic mass is 16.6. The molecule has 0 radical (unpaired) electrons. The Balaban J connectivity index is 1.85. The van der Waals surface area contributed by atoms with Crippen molar-refractivity contribution < 1.29 is 9.31 Å². The molecule has 2 fully saturated rings. The largest absolute Gasteiger partial charge is 0.485 e. The average Bonchev–Trinajstić information content (AvgIpc) is 2.55. The van der Waals surface area contributed by atoms with Crippen LogP contribution in [0.1, 0.15) is 70.6 Å². The Labute approximate surface area is 131 Å². The molecule has 1 unspecified atom stereocenters. The van der Waals surface area contributed by atoms with Crippen LogP contribution in [0.15, 0.2) is 25.2 Å². The van der Waals surface area contributed by atoms with Gasteiger partial charge in [0.1, 0.15) is 0 Å². The zero-order valence-corrected chi connectivity index (χ0v) is 13.5. The Bertz CT molecular complexity index is 306. The molecule has 2 nitrogen and oxygen atoms in total. The van der Waals surface area contributed by atoms with Crippen LogP contribution in [0.2, 0.25) is 0 Å². The molecule has 2 saturated carbocycles. The molecule has 2 aliphatic carbocycles. The summed E-state index contributed by atoms with van der Waals surface area (Å²) in [5, 5.41) is 0. The van der Waals surface area contributed by atoms with Gasteiger partial charge in [0.25, 0.3) is 0 Å². The lowest BCUT2D eigenvalue weighted by molar-refractivity contribution is 0.0526. The van der Waals surface area contributed by atoms with Crippen molar-refractivity contribution in [3.63, 3.8) is 0 Å². The Morgan fingerprint density at radius 2 is 1.57 bits per heavy atom. The first-order valence-corrected chi connectivity index (χ1v) is 8.88. The maximum absolute atomic E-state index is 6.27. The molecule has 0 heterocycles. The summed E-state index contributed by atoms with van der Waals surface area (Å²) in [6.07, 6.45) is 16.4. The van der Waals surface area contributed by atoms with Crippen molar-refractivity contribution in [2.75, 3.05) is 0 Å². The first-order valence-electron chi connectivity index (χ1n) is 8.88. The summed E-state index contributed by atoms with van der Waals surface area (Å²) in [6, 6.07) is 0. The zero-order valence-electron chi connectivity index (χ0n) is 13.5. The van der Waals surface area contributed by atoms with Crippen LogP contribution >= 0.6 is 0 Å². The summed E-state index contributed by atoms with van der Waals surface area (Å²) in [5.41, 5.74) is 0. The predicted molar refractivity (Wildman–Crippen MR) is 90.2 cm³/mol. The first kappa shape index (κ1) is 16.8. The van der Waals surface area contributed by atoms with Gasteiger partial charge < -0.3 is 9.31 Å². The summed E-state index contributed by atoms with van der Waals surface area (Å²) >= 11 is 0. The number of rotatable bonds is 8. The summed E-state index contributed by atoms with van der Waals surface area (Å²) in [7, 11) is -0.250. The van der Waals surface area contributed by atoms with Crippen molar-refractivity contribution in [2.45, 2.75) is 82.8 Å². The molecule has 0 spiro atoms. The fourth-order valence-corrected chi connectivity index (χ4v) is 3.74. The second kappa shape index (κ2) is 9.48. The minimum atomic E-state index is -0.250. The van der Waals surface area contributed by atoms with Crippen LogP contribution in [0.25, 0.3) is 0 Å². The lowest BCUT2D eigenvalue weighted by Gasteiger charge is -2.32. The Hall–Kier alpha value is -0.535. The number of hydrogen-bond acceptors (Lipinski definition) is 2. The van der Waals surface area contributed by atoms with Crippen LogP contribution in [0.4, 0.5) is 0 Å². The third-order valence-corrected chi connectivity index (χ3v) is 4.95. The van der Waals surface area contributed by atoms with E-state index in [1.807, 2.05) is 12.1 Å². The van der Waals surface area contributed by atoms with Gasteiger partial charge in [-0.15, -0.1) is 13.2 Å². The van der Waals surface area contributed by atoms with Crippen molar-refractivity contribution in [3.05, 3.63) is 25.2 Å². The second-order valence-corrected chi connectivity index (χ2v) is 6.60. The Kier molecular flexibility index (Phi) is 7.59. The van der Waals surface area contributed by atoms with Crippen LogP contribution < -0.4 is 0 Å².